The predicted molar refractivity (Wildman–Crippen MR) is 210 cm³/mol. The molecular weight excluding hydrogens is 652 g/mol. The first-order valence-electron chi connectivity index (χ1n) is 22.1. The van der Waals surface area contributed by atoms with Crippen LogP contribution in [0.2, 0.25) is 0 Å². The van der Waals surface area contributed by atoms with Crippen LogP contribution in [0, 0.1) is 46.3 Å². The minimum absolute atomic E-state index is 0.0672. The number of unbranched alkanes of at least 4 members (excludes halogenated alkanes) is 8. The molecule has 8 heteroatoms. The standard InChI is InChI=1S/C44H80N2O6/c1-6-8-10-11-12-13-14-15-27-51-40(47)20-17-32(3)35-18-19-36-42-37(31-39(44(35,36)5)52-41(48)22-25-46)43(4)23-21-34(49-28-16-24-45)29-33(43)30-38(42)50-26-9-7-2/h32-39,42H,6-31,45-46H2,1-5H3/t32-,33+,34-,35-,36+,37+,38-,39+,42+,43+,44-/m1/s1. The van der Waals surface area contributed by atoms with Gasteiger partial charge in [0.15, 0.2) is 0 Å². The van der Waals surface area contributed by atoms with Gasteiger partial charge in [-0.05, 0) is 118 Å². The molecule has 52 heavy (non-hydrogen) atoms. The first-order valence-corrected chi connectivity index (χ1v) is 22.1. The lowest BCUT2D eigenvalue weighted by Crippen LogP contribution is -2.63. The number of esters is 2. The summed E-state index contributed by atoms with van der Waals surface area (Å²) in [6.07, 6.45) is 22.3. The minimum Gasteiger partial charge on any atom is -0.466 e. The first-order chi connectivity index (χ1) is 25.1. The summed E-state index contributed by atoms with van der Waals surface area (Å²) in [5.74, 6) is 2.25. The molecule has 4 fully saturated rings. The summed E-state index contributed by atoms with van der Waals surface area (Å²) in [5, 5.41) is 0. The van der Waals surface area contributed by atoms with Crippen LogP contribution in [-0.2, 0) is 28.5 Å². The van der Waals surface area contributed by atoms with Crippen molar-refractivity contribution in [1.82, 2.24) is 0 Å². The molecule has 0 saturated heterocycles. The Morgan fingerprint density at radius 3 is 2.15 bits per heavy atom. The Morgan fingerprint density at radius 1 is 0.731 bits per heavy atom. The fourth-order valence-electron chi connectivity index (χ4n) is 11.7. The van der Waals surface area contributed by atoms with Gasteiger partial charge in [-0.25, -0.2) is 0 Å². The second kappa shape index (κ2) is 21.8. The van der Waals surface area contributed by atoms with Crippen molar-refractivity contribution in [3.05, 3.63) is 0 Å². The Labute approximate surface area is 318 Å². The summed E-state index contributed by atoms with van der Waals surface area (Å²) >= 11 is 0. The quantitative estimate of drug-likeness (QED) is 0.0744. The van der Waals surface area contributed by atoms with E-state index in [9.17, 15) is 9.59 Å². The number of hydrogen-bond donors (Lipinski definition) is 2. The highest BCUT2D eigenvalue weighted by molar-refractivity contribution is 5.70. The van der Waals surface area contributed by atoms with Crippen molar-refractivity contribution in [2.75, 3.05) is 32.9 Å². The highest BCUT2D eigenvalue weighted by Crippen LogP contribution is 2.69. The number of ether oxygens (including phenoxy) is 4. The van der Waals surface area contributed by atoms with Gasteiger partial charge in [0.25, 0.3) is 0 Å². The topological polar surface area (TPSA) is 123 Å². The van der Waals surface area contributed by atoms with Crippen LogP contribution in [0.5, 0.6) is 0 Å². The smallest absolute Gasteiger partial charge is 0.307 e. The molecule has 0 radical (unpaired) electrons. The van der Waals surface area contributed by atoms with Crippen LogP contribution in [0.25, 0.3) is 0 Å². The van der Waals surface area contributed by atoms with E-state index >= 15 is 0 Å². The van der Waals surface area contributed by atoms with E-state index in [0.717, 1.165) is 96.7 Å². The van der Waals surface area contributed by atoms with E-state index < -0.39 is 0 Å². The average Bonchev–Trinajstić information content (AvgIpc) is 3.49. The zero-order valence-corrected chi connectivity index (χ0v) is 34.2. The molecule has 0 heterocycles. The van der Waals surface area contributed by atoms with Crippen LogP contribution >= 0.6 is 0 Å². The molecule has 0 aromatic heterocycles. The maximum atomic E-state index is 13.3. The van der Waals surface area contributed by atoms with Crippen molar-refractivity contribution in [1.29, 1.82) is 0 Å². The summed E-state index contributed by atoms with van der Waals surface area (Å²) in [7, 11) is 0. The summed E-state index contributed by atoms with van der Waals surface area (Å²) in [6.45, 7) is 14.8. The van der Waals surface area contributed by atoms with Crippen LogP contribution in [-0.4, -0.2) is 63.2 Å². The summed E-state index contributed by atoms with van der Waals surface area (Å²) < 4.78 is 25.6. The van der Waals surface area contributed by atoms with Crippen molar-refractivity contribution >= 4 is 11.9 Å². The highest BCUT2D eigenvalue weighted by atomic mass is 16.5. The number of hydrogen-bond acceptors (Lipinski definition) is 8. The summed E-state index contributed by atoms with van der Waals surface area (Å²) in [6, 6.07) is 0. The van der Waals surface area contributed by atoms with Gasteiger partial charge in [-0.2, -0.15) is 0 Å². The maximum Gasteiger partial charge on any atom is 0.307 e. The number of fused-ring (bicyclic) bond motifs is 5. The lowest BCUT2D eigenvalue weighted by molar-refractivity contribution is -0.226. The van der Waals surface area contributed by atoms with Crippen LogP contribution in [0.4, 0.5) is 0 Å². The molecule has 0 bridgehead atoms. The van der Waals surface area contributed by atoms with E-state index in [-0.39, 0.29) is 47.5 Å². The second-order valence-electron chi connectivity index (χ2n) is 17.9. The molecule has 4 N–H and O–H groups in total. The molecule has 0 aromatic rings. The van der Waals surface area contributed by atoms with Gasteiger partial charge in [-0.3, -0.25) is 9.59 Å². The van der Waals surface area contributed by atoms with Gasteiger partial charge in [-0.1, -0.05) is 86.0 Å². The molecule has 4 aliphatic carbocycles. The zero-order chi connectivity index (χ0) is 37.6. The van der Waals surface area contributed by atoms with E-state index in [1.165, 1.54) is 38.5 Å². The molecule has 11 atom stereocenters. The van der Waals surface area contributed by atoms with E-state index in [0.29, 0.717) is 61.6 Å². The largest absolute Gasteiger partial charge is 0.466 e. The molecule has 0 aromatic carbocycles. The lowest BCUT2D eigenvalue weighted by atomic mass is 9.43. The number of nitrogens with two attached hydrogens (primary N) is 2. The average molecular weight is 733 g/mol. The van der Waals surface area contributed by atoms with Gasteiger partial charge in [-0.15, -0.1) is 0 Å². The maximum absolute atomic E-state index is 13.3. The third-order valence-corrected chi connectivity index (χ3v) is 14.7. The van der Waals surface area contributed by atoms with Gasteiger partial charge in [0.2, 0.25) is 0 Å². The molecular formula is C44H80N2O6. The van der Waals surface area contributed by atoms with Crippen LogP contribution in [0.1, 0.15) is 169 Å². The van der Waals surface area contributed by atoms with E-state index in [1.54, 1.807) is 0 Å². The van der Waals surface area contributed by atoms with E-state index in [2.05, 4.69) is 34.6 Å². The molecule has 8 nitrogen and oxygen atoms in total. The Hall–Kier alpha value is -1.22. The monoisotopic (exact) mass is 733 g/mol. The highest BCUT2D eigenvalue weighted by Gasteiger charge is 2.67. The Kier molecular flexibility index (Phi) is 18.2. The van der Waals surface area contributed by atoms with Crippen molar-refractivity contribution < 1.29 is 28.5 Å². The molecule has 0 spiro atoms. The number of carbonyl (C=O) groups excluding carboxylic acids is 2. The first kappa shape index (κ1) is 43.5. The molecule has 0 amide bonds. The fourth-order valence-corrected chi connectivity index (χ4v) is 11.7. The zero-order valence-electron chi connectivity index (χ0n) is 34.2. The third kappa shape index (κ3) is 11.0. The summed E-state index contributed by atoms with van der Waals surface area (Å²) in [4.78, 5) is 26.2. The molecule has 302 valence electrons. The molecule has 4 rings (SSSR count). The number of carbonyl (C=O) groups is 2. The van der Waals surface area contributed by atoms with Gasteiger partial charge < -0.3 is 30.4 Å². The Bertz CT molecular complexity index is 1060. The van der Waals surface area contributed by atoms with E-state index in [1.807, 2.05) is 0 Å². The van der Waals surface area contributed by atoms with Crippen molar-refractivity contribution in [3.8, 4) is 0 Å². The lowest BCUT2D eigenvalue weighted by Gasteiger charge is -2.64. The SMILES string of the molecule is CCCCCCCCCCOC(=O)CC[C@@H](C)[C@H]1CC[C@H]2[C@@H]3[C@H](OCCCC)C[C@@H]4C[C@H](OCCCN)CC[C@]4(C)[C@H]3C[C@H](OC(=O)CCN)[C@]12C. The van der Waals surface area contributed by atoms with Crippen molar-refractivity contribution in [2.45, 2.75) is 188 Å². The molecule has 0 unspecified atom stereocenters. The molecule has 0 aliphatic heterocycles. The van der Waals surface area contributed by atoms with Gasteiger partial charge in [0, 0.05) is 31.6 Å². The fraction of sp³-hybridized carbons (Fsp3) is 0.955. The van der Waals surface area contributed by atoms with Gasteiger partial charge >= 0.3 is 11.9 Å². The molecule has 4 saturated carbocycles. The van der Waals surface area contributed by atoms with Crippen LogP contribution in [0.15, 0.2) is 0 Å². The van der Waals surface area contributed by atoms with Crippen LogP contribution < -0.4 is 11.5 Å². The predicted octanol–water partition coefficient (Wildman–Crippen LogP) is 9.15. The summed E-state index contributed by atoms with van der Waals surface area (Å²) in [5.41, 5.74) is 11.6. The second-order valence-corrected chi connectivity index (χ2v) is 17.9. The normalized spacial score (nSPS) is 34.6. The minimum atomic E-state index is -0.177. The number of rotatable bonds is 24. The van der Waals surface area contributed by atoms with Gasteiger partial charge in [0.1, 0.15) is 6.10 Å². The third-order valence-electron chi connectivity index (χ3n) is 14.7. The van der Waals surface area contributed by atoms with Crippen LogP contribution in [0.3, 0.4) is 0 Å². The Morgan fingerprint density at radius 2 is 1.44 bits per heavy atom. The van der Waals surface area contributed by atoms with Crippen molar-refractivity contribution in [2.24, 2.45) is 57.8 Å². The van der Waals surface area contributed by atoms with Gasteiger partial charge in [0.05, 0.1) is 25.2 Å². The molecule has 4 aliphatic rings. The van der Waals surface area contributed by atoms with E-state index in [4.69, 9.17) is 30.4 Å². The van der Waals surface area contributed by atoms with Crippen molar-refractivity contribution in [3.63, 3.8) is 0 Å². The Balaban J connectivity index is 1.46.